The second-order valence-corrected chi connectivity index (χ2v) is 5.82. The van der Waals surface area contributed by atoms with E-state index in [0.29, 0.717) is 22.9 Å². The Balaban J connectivity index is 2.17. The first-order valence-corrected chi connectivity index (χ1v) is 6.63. The predicted octanol–water partition coefficient (Wildman–Crippen LogP) is 3.82. The Labute approximate surface area is 109 Å². The first-order valence-electron chi connectivity index (χ1n) is 5.83. The van der Waals surface area contributed by atoms with Gasteiger partial charge in [-0.05, 0) is 39.9 Å². The highest BCUT2D eigenvalue weighted by molar-refractivity contribution is 9.10. The van der Waals surface area contributed by atoms with Gasteiger partial charge in [-0.25, -0.2) is 8.78 Å². The third-order valence-corrected chi connectivity index (χ3v) is 4.20. The summed E-state index contributed by atoms with van der Waals surface area (Å²) in [7, 11) is 0. The second kappa shape index (κ2) is 5.02. The molecule has 17 heavy (non-hydrogen) atoms. The maximum atomic E-state index is 13.8. The van der Waals surface area contributed by atoms with Crippen molar-refractivity contribution in [3.63, 3.8) is 0 Å². The van der Waals surface area contributed by atoms with E-state index < -0.39 is 11.6 Å². The van der Waals surface area contributed by atoms with Crippen molar-refractivity contribution in [3.05, 3.63) is 33.8 Å². The Kier molecular flexibility index (Phi) is 3.83. The van der Waals surface area contributed by atoms with Gasteiger partial charge in [0, 0.05) is 25.2 Å². The molecule has 4 heteroatoms. The van der Waals surface area contributed by atoms with Crippen LogP contribution in [0, 0.1) is 23.5 Å². The summed E-state index contributed by atoms with van der Waals surface area (Å²) in [5.74, 6) is 0.247. The topological polar surface area (TPSA) is 3.24 Å². The number of halogens is 3. The van der Waals surface area contributed by atoms with Gasteiger partial charge in [0.25, 0.3) is 0 Å². The molecule has 1 aliphatic heterocycles. The Morgan fingerprint density at radius 3 is 2.41 bits per heavy atom. The first kappa shape index (κ1) is 13.0. The number of nitrogens with zero attached hydrogens (tertiary/aromatic N) is 1. The molecular formula is C13H16BrF2N. The van der Waals surface area contributed by atoms with E-state index in [1.54, 1.807) is 0 Å². The summed E-state index contributed by atoms with van der Waals surface area (Å²) in [5, 5.41) is 0. The minimum absolute atomic E-state index is 0.167. The van der Waals surface area contributed by atoms with Crippen molar-refractivity contribution in [2.75, 3.05) is 13.1 Å². The van der Waals surface area contributed by atoms with Crippen molar-refractivity contribution in [3.8, 4) is 0 Å². The van der Waals surface area contributed by atoms with Crippen LogP contribution < -0.4 is 0 Å². The van der Waals surface area contributed by atoms with E-state index >= 15 is 0 Å². The van der Waals surface area contributed by atoms with Gasteiger partial charge in [0.2, 0.25) is 0 Å². The normalized spacial score (nSPS) is 25.5. The molecule has 94 valence electrons. The quantitative estimate of drug-likeness (QED) is 0.751. The minimum atomic E-state index is -0.475. The largest absolute Gasteiger partial charge is 0.298 e. The summed E-state index contributed by atoms with van der Waals surface area (Å²) in [6, 6.07) is 2.72. The summed E-state index contributed by atoms with van der Waals surface area (Å²) in [6.45, 7) is 6.53. The molecule has 0 amide bonds. The molecule has 1 heterocycles. The van der Waals surface area contributed by atoms with E-state index in [0.717, 1.165) is 13.1 Å². The predicted molar refractivity (Wildman–Crippen MR) is 67.7 cm³/mol. The number of rotatable bonds is 2. The molecule has 0 aromatic heterocycles. The fourth-order valence-electron chi connectivity index (χ4n) is 2.32. The Morgan fingerprint density at radius 2 is 1.82 bits per heavy atom. The summed E-state index contributed by atoms with van der Waals surface area (Å²) in [6.07, 6.45) is 0. The molecule has 0 spiro atoms. The van der Waals surface area contributed by atoms with Crippen LogP contribution in [0.3, 0.4) is 0 Å². The van der Waals surface area contributed by atoms with Crippen LogP contribution >= 0.6 is 15.9 Å². The van der Waals surface area contributed by atoms with Crippen LogP contribution in [-0.2, 0) is 6.54 Å². The van der Waals surface area contributed by atoms with Crippen LogP contribution in [0.25, 0.3) is 0 Å². The van der Waals surface area contributed by atoms with Crippen molar-refractivity contribution in [1.29, 1.82) is 0 Å². The molecule has 0 radical (unpaired) electrons. The van der Waals surface area contributed by atoms with E-state index in [9.17, 15) is 8.78 Å². The molecule has 1 aliphatic rings. The Bertz CT molecular complexity index is 412. The molecule has 1 aromatic carbocycles. The van der Waals surface area contributed by atoms with Crippen LogP contribution in [0.15, 0.2) is 16.6 Å². The fraction of sp³-hybridized carbons (Fsp3) is 0.538. The van der Waals surface area contributed by atoms with Crippen molar-refractivity contribution in [1.82, 2.24) is 4.90 Å². The molecule has 1 aromatic rings. The van der Waals surface area contributed by atoms with E-state index in [2.05, 4.69) is 34.7 Å². The van der Waals surface area contributed by atoms with E-state index in [4.69, 9.17) is 0 Å². The molecule has 1 fully saturated rings. The number of hydrogen-bond acceptors (Lipinski definition) is 1. The third kappa shape index (κ3) is 2.68. The van der Waals surface area contributed by atoms with Crippen molar-refractivity contribution in [2.45, 2.75) is 20.4 Å². The van der Waals surface area contributed by atoms with E-state index in [-0.39, 0.29) is 5.56 Å². The summed E-state index contributed by atoms with van der Waals surface area (Å²) < 4.78 is 27.7. The standard InChI is InChI=1S/C13H16BrF2N/c1-8-5-17(6-9(8)2)7-10-12(15)4-3-11(14)13(10)16/h3-4,8-9H,5-7H2,1-2H3. The van der Waals surface area contributed by atoms with Gasteiger partial charge < -0.3 is 0 Å². The molecule has 1 saturated heterocycles. The molecule has 2 atom stereocenters. The zero-order valence-corrected chi connectivity index (χ0v) is 11.6. The zero-order chi connectivity index (χ0) is 12.6. The van der Waals surface area contributed by atoms with Crippen LogP contribution in [0.5, 0.6) is 0 Å². The van der Waals surface area contributed by atoms with Gasteiger partial charge >= 0.3 is 0 Å². The highest BCUT2D eigenvalue weighted by atomic mass is 79.9. The van der Waals surface area contributed by atoms with Crippen LogP contribution in [0.1, 0.15) is 19.4 Å². The van der Waals surface area contributed by atoms with Gasteiger partial charge in [-0.15, -0.1) is 0 Å². The highest BCUT2D eigenvalue weighted by Crippen LogP contribution is 2.27. The van der Waals surface area contributed by atoms with Crippen LogP contribution in [0.2, 0.25) is 0 Å². The zero-order valence-electron chi connectivity index (χ0n) is 10.0. The molecule has 0 bridgehead atoms. The van der Waals surface area contributed by atoms with Crippen LogP contribution in [-0.4, -0.2) is 18.0 Å². The maximum absolute atomic E-state index is 13.8. The first-order chi connectivity index (χ1) is 7.99. The van der Waals surface area contributed by atoms with Gasteiger partial charge in [0.1, 0.15) is 11.6 Å². The molecule has 1 nitrogen and oxygen atoms in total. The molecule has 2 rings (SSSR count). The van der Waals surface area contributed by atoms with Crippen molar-refractivity contribution < 1.29 is 8.78 Å². The van der Waals surface area contributed by atoms with E-state index in [1.807, 2.05) is 0 Å². The fourth-order valence-corrected chi connectivity index (χ4v) is 2.69. The summed E-state index contributed by atoms with van der Waals surface area (Å²) >= 11 is 3.09. The highest BCUT2D eigenvalue weighted by Gasteiger charge is 2.27. The monoisotopic (exact) mass is 303 g/mol. The minimum Gasteiger partial charge on any atom is -0.298 e. The Hall–Kier alpha value is -0.480. The molecule has 0 saturated carbocycles. The number of benzene rings is 1. The number of likely N-dealkylation sites (tertiary alicyclic amines) is 1. The molecular weight excluding hydrogens is 288 g/mol. The van der Waals surface area contributed by atoms with Gasteiger partial charge in [0.05, 0.1) is 4.47 Å². The Morgan fingerprint density at radius 1 is 1.24 bits per heavy atom. The lowest BCUT2D eigenvalue weighted by Crippen LogP contribution is -2.21. The van der Waals surface area contributed by atoms with Crippen molar-refractivity contribution in [2.24, 2.45) is 11.8 Å². The molecule has 0 aliphatic carbocycles. The molecule has 2 unspecified atom stereocenters. The van der Waals surface area contributed by atoms with Crippen LogP contribution in [0.4, 0.5) is 8.78 Å². The third-order valence-electron chi connectivity index (χ3n) is 3.58. The summed E-state index contributed by atoms with van der Waals surface area (Å²) in [4.78, 5) is 2.11. The van der Waals surface area contributed by atoms with Crippen molar-refractivity contribution >= 4 is 15.9 Å². The van der Waals surface area contributed by atoms with Gasteiger partial charge in [-0.3, -0.25) is 4.90 Å². The lowest BCUT2D eigenvalue weighted by molar-refractivity contribution is 0.304. The van der Waals surface area contributed by atoms with Gasteiger partial charge in [-0.1, -0.05) is 13.8 Å². The average Bonchev–Trinajstić information content (AvgIpc) is 2.59. The maximum Gasteiger partial charge on any atom is 0.144 e. The van der Waals surface area contributed by atoms with E-state index in [1.165, 1.54) is 12.1 Å². The summed E-state index contributed by atoms with van der Waals surface area (Å²) in [5.41, 5.74) is 0.167. The lowest BCUT2D eigenvalue weighted by atomic mass is 10.0. The number of hydrogen-bond donors (Lipinski definition) is 0. The van der Waals surface area contributed by atoms with Gasteiger partial charge in [-0.2, -0.15) is 0 Å². The second-order valence-electron chi connectivity index (χ2n) is 4.97. The average molecular weight is 304 g/mol. The van der Waals surface area contributed by atoms with Gasteiger partial charge in [0.15, 0.2) is 0 Å². The SMILES string of the molecule is CC1CN(Cc2c(F)ccc(Br)c2F)CC1C. The molecule has 0 N–H and O–H groups in total. The lowest BCUT2D eigenvalue weighted by Gasteiger charge is -2.16. The smallest absolute Gasteiger partial charge is 0.144 e.